The summed E-state index contributed by atoms with van der Waals surface area (Å²) in [7, 11) is -4.10. The summed E-state index contributed by atoms with van der Waals surface area (Å²) in [5.74, 6) is 0. The van der Waals surface area contributed by atoms with E-state index < -0.39 is 27.9 Å². The van der Waals surface area contributed by atoms with Crippen LogP contribution in [0, 0.1) is 4.91 Å². The number of ether oxygens (including phenoxy) is 1. The van der Waals surface area contributed by atoms with Crippen LogP contribution in [0.1, 0.15) is 20.8 Å². The highest BCUT2D eigenvalue weighted by atomic mass is 32.2. The minimum absolute atomic E-state index is 0.0896. The maximum absolute atomic E-state index is 12.2. The molecule has 0 saturated carbocycles. The second-order valence-corrected chi connectivity index (χ2v) is 7.71. The molecule has 1 amide bonds. The van der Waals surface area contributed by atoms with Gasteiger partial charge in [0.15, 0.2) is 0 Å². The molecule has 1 aliphatic rings. The summed E-state index contributed by atoms with van der Waals surface area (Å²) in [5.41, 5.74) is -0.602. The van der Waals surface area contributed by atoms with Gasteiger partial charge < -0.3 is 4.74 Å². The molecule has 0 spiro atoms. The average Bonchev–Trinajstić information content (AvgIpc) is 2.93. The Hall–Kier alpha value is -2.04. The molecule has 1 aliphatic heterocycles. The predicted molar refractivity (Wildman–Crippen MR) is 81.4 cm³/mol. The van der Waals surface area contributed by atoms with Crippen LogP contribution in [-0.4, -0.2) is 44.4 Å². The summed E-state index contributed by atoms with van der Waals surface area (Å²) in [6.07, 6.45) is -1.59. The van der Waals surface area contributed by atoms with Crippen molar-refractivity contribution in [3.05, 3.63) is 29.2 Å². The van der Waals surface area contributed by atoms with Crippen molar-refractivity contribution in [1.82, 2.24) is 5.06 Å². The number of nitrogens with one attached hydrogen (secondary N) is 1. The van der Waals surface area contributed by atoms with Crippen molar-refractivity contribution in [3.8, 4) is 0 Å². The fourth-order valence-electron chi connectivity index (χ4n) is 1.91. The minimum Gasteiger partial charge on any atom is -0.442 e. The first kappa shape index (κ1) is 18.3. The Labute approximate surface area is 139 Å². The molecule has 1 atom stereocenters. The van der Waals surface area contributed by atoms with E-state index in [2.05, 4.69) is 0 Å². The summed E-state index contributed by atoms with van der Waals surface area (Å²) < 4.78 is 34.6. The Bertz CT molecular complexity index is 727. The van der Waals surface area contributed by atoms with Crippen molar-refractivity contribution in [2.45, 2.75) is 37.4 Å². The molecular weight excluding hydrogens is 340 g/mol. The van der Waals surface area contributed by atoms with Gasteiger partial charge in [0, 0.05) is 22.2 Å². The Morgan fingerprint density at radius 3 is 2.71 bits per heavy atom. The van der Waals surface area contributed by atoms with Crippen molar-refractivity contribution in [2.24, 2.45) is 0 Å². The van der Waals surface area contributed by atoms with E-state index >= 15 is 0 Å². The molecule has 1 heterocycles. The first-order chi connectivity index (χ1) is 11.1. The average molecular weight is 359 g/mol. The number of hydroxylamine groups is 2. The van der Waals surface area contributed by atoms with Gasteiger partial charge in [0.1, 0.15) is 23.2 Å². The molecule has 24 heavy (non-hydrogen) atoms. The molecule has 10 heteroatoms. The molecule has 0 aromatic heterocycles. The summed E-state index contributed by atoms with van der Waals surface area (Å²) in [6.45, 7) is 4.91. The van der Waals surface area contributed by atoms with Gasteiger partial charge in [-0.3, -0.25) is 9.02 Å². The van der Waals surface area contributed by atoms with E-state index in [1.807, 2.05) is 0 Å². The lowest BCUT2D eigenvalue weighted by Gasteiger charge is -2.23. The van der Waals surface area contributed by atoms with Gasteiger partial charge in [-0.1, -0.05) is 6.07 Å². The number of nitrogens with zero attached hydrogens (tertiary/aromatic N) is 1. The number of benzene rings is 1. The highest BCUT2D eigenvalue weighted by Crippen LogP contribution is 2.21. The highest BCUT2D eigenvalue weighted by molar-refractivity contribution is 7.86. The lowest BCUT2D eigenvalue weighted by Crippen LogP contribution is -2.55. The van der Waals surface area contributed by atoms with E-state index in [0.717, 1.165) is 11.1 Å². The number of carbonyl (C=O) groups is 1. The molecule has 0 aliphatic carbocycles. The van der Waals surface area contributed by atoms with Crippen LogP contribution in [0.2, 0.25) is 0 Å². The normalized spacial score (nSPS) is 18.5. The van der Waals surface area contributed by atoms with Crippen LogP contribution in [0.25, 0.3) is 0 Å². The van der Waals surface area contributed by atoms with Crippen LogP contribution in [0.15, 0.2) is 29.2 Å². The van der Waals surface area contributed by atoms with E-state index in [-0.39, 0.29) is 23.7 Å². The van der Waals surface area contributed by atoms with Gasteiger partial charge in [0.2, 0.25) is 0 Å². The predicted octanol–water partition coefficient (Wildman–Crippen LogP) is 0.421. The van der Waals surface area contributed by atoms with Crippen molar-refractivity contribution in [1.29, 1.82) is 0 Å². The first-order valence-corrected chi connectivity index (χ1v) is 8.56. The van der Waals surface area contributed by atoms with E-state index in [4.69, 9.17) is 13.8 Å². The third-order valence-electron chi connectivity index (χ3n) is 2.89. The van der Waals surface area contributed by atoms with Crippen molar-refractivity contribution < 1.29 is 32.1 Å². The number of hydrogen-bond acceptors (Lipinski definition) is 7. The van der Waals surface area contributed by atoms with Crippen molar-refractivity contribution >= 4 is 21.9 Å². The lowest BCUT2D eigenvalue weighted by molar-refractivity contribution is -0.379. The molecule has 132 valence electrons. The Kier molecular flexibility index (Phi) is 5.21. The van der Waals surface area contributed by atoms with Gasteiger partial charge in [-0.25, -0.2) is 4.79 Å². The zero-order valence-electron chi connectivity index (χ0n) is 13.5. The molecule has 9 nitrogen and oxygen atoms in total. The van der Waals surface area contributed by atoms with Gasteiger partial charge in [0.05, 0.1) is 6.54 Å². The molecule has 0 bridgehead atoms. The van der Waals surface area contributed by atoms with Crippen LogP contribution in [0.4, 0.5) is 10.5 Å². The maximum atomic E-state index is 12.2. The standard InChI is InChI=1S/C14H18N2O7S/c1-14(2,3)22-13(17)16-8-11(9-21-16)23-24(19,20)12-6-4-5-10(7-12)15-18/h4-7,11H,8-9H2,1-3H3/p+1/t11-/m1/s1. The SMILES string of the molecule is CC(C)(C)OC(=O)N1C[C@@H](OS(=O)(=O)c2cccc([NH+]=O)c2)CO1. The van der Waals surface area contributed by atoms with Crippen LogP contribution in [0.3, 0.4) is 0 Å². The van der Waals surface area contributed by atoms with E-state index in [9.17, 15) is 18.1 Å². The third kappa shape index (κ3) is 4.73. The van der Waals surface area contributed by atoms with E-state index in [0.29, 0.717) is 0 Å². The lowest BCUT2D eigenvalue weighted by atomic mass is 10.2. The topological polar surface area (TPSA) is 113 Å². The second-order valence-electron chi connectivity index (χ2n) is 6.14. The van der Waals surface area contributed by atoms with Crippen LogP contribution < -0.4 is 5.18 Å². The highest BCUT2D eigenvalue weighted by Gasteiger charge is 2.35. The second kappa shape index (κ2) is 6.83. The summed E-state index contributed by atoms with van der Waals surface area (Å²) in [4.78, 5) is 27.4. The Morgan fingerprint density at radius 1 is 1.38 bits per heavy atom. The molecule has 1 aromatic rings. The van der Waals surface area contributed by atoms with Crippen LogP contribution in [0.5, 0.6) is 0 Å². The van der Waals surface area contributed by atoms with E-state index in [1.54, 1.807) is 25.9 Å². The zero-order chi connectivity index (χ0) is 18.0. The smallest absolute Gasteiger partial charge is 0.434 e. The van der Waals surface area contributed by atoms with E-state index in [1.165, 1.54) is 18.2 Å². The summed E-state index contributed by atoms with van der Waals surface area (Å²) >= 11 is 0. The first-order valence-electron chi connectivity index (χ1n) is 7.16. The zero-order valence-corrected chi connectivity index (χ0v) is 14.3. The van der Waals surface area contributed by atoms with Gasteiger partial charge in [-0.2, -0.15) is 13.5 Å². The number of nitroso groups, excluding NO2 is 1. The van der Waals surface area contributed by atoms with Crippen LogP contribution in [-0.2, 0) is 23.9 Å². The van der Waals surface area contributed by atoms with Crippen molar-refractivity contribution in [3.63, 3.8) is 0 Å². The monoisotopic (exact) mass is 359 g/mol. The van der Waals surface area contributed by atoms with Gasteiger partial charge in [0.25, 0.3) is 15.8 Å². The molecule has 1 aromatic carbocycles. The number of hydrogen-bond donors (Lipinski definition) is 1. The Balaban J connectivity index is 2.01. The van der Waals surface area contributed by atoms with Gasteiger partial charge in [-0.15, -0.1) is 0 Å². The summed E-state index contributed by atoms with van der Waals surface area (Å²) in [5, 5.41) is 2.53. The minimum atomic E-state index is -4.10. The van der Waals surface area contributed by atoms with Crippen molar-refractivity contribution in [2.75, 3.05) is 13.2 Å². The largest absolute Gasteiger partial charge is 0.442 e. The Morgan fingerprint density at radius 2 is 2.08 bits per heavy atom. The molecule has 0 unspecified atom stereocenters. The van der Waals surface area contributed by atoms with Gasteiger partial charge in [-0.05, 0) is 26.8 Å². The quantitative estimate of drug-likeness (QED) is 0.775. The summed E-state index contributed by atoms with van der Waals surface area (Å²) in [6, 6.07) is 5.30. The number of rotatable bonds is 4. The van der Waals surface area contributed by atoms with Crippen LogP contribution >= 0.6 is 0 Å². The number of amides is 1. The third-order valence-corrected chi connectivity index (χ3v) is 4.24. The number of carbonyl (C=O) groups excluding carboxylic acids is 1. The molecule has 1 saturated heterocycles. The molecular formula is C14H19N2O7S+. The molecule has 1 fully saturated rings. The molecule has 0 radical (unpaired) electrons. The molecule has 1 N–H and O–H groups in total. The maximum Gasteiger partial charge on any atom is 0.434 e. The molecule has 2 rings (SSSR count). The van der Waals surface area contributed by atoms with Gasteiger partial charge >= 0.3 is 6.09 Å². The fraction of sp³-hybridized carbons (Fsp3) is 0.500. The fourth-order valence-corrected chi connectivity index (χ4v) is 3.01.